The minimum Gasteiger partial charge on any atom is -0.477 e. The van der Waals surface area contributed by atoms with Crippen molar-refractivity contribution in [3.8, 4) is 0 Å². The molecule has 2 aliphatic rings. The lowest BCUT2D eigenvalue weighted by atomic mass is 10.0. The Kier molecular flexibility index (Phi) is 6.11. The highest BCUT2D eigenvalue weighted by Gasteiger charge is 2.54. The zero-order chi connectivity index (χ0) is 19.6. The molecule has 1 unspecified atom stereocenters. The topological polar surface area (TPSA) is 142 Å². The van der Waals surface area contributed by atoms with E-state index in [0.29, 0.717) is 22.2 Å². The summed E-state index contributed by atoms with van der Waals surface area (Å²) in [6, 6.07) is -1.27. The molecule has 0 aromatic carbocycles. The van der Waals surface area contributed by atoms with Gasteiger partial charge in [0.15, 0.2) is 0 Å². The highest BCUT2D eigenvalue weighted by Crippen LogP contribution is 2.41. The van der Waals surface area contributed by atoms with Crippen LogP contribution in [-0.2, 0) is 16.6 Å². The van der Waals surface area contributed by atoms with Crippen molar-refractivity contribution in [3.05, 3.63) is 11.3 Å². The normalized spacial score (nSPS) is 21.6. The number of carboxylic acids is 1. The lowest BCUT2D eigenvalue weighted by Crippen LogP contribution is -2.71. The maximum absolute atomic E-state index is 12.5. The summed E-state index contributed by atoms with van der Waals surface area (Å²) in [7, 11) is 1.69. The maximum Gasteiger partial charge on any atom is 0.352 e. The molecule has 0 aliphatic carbocycles. The van der Waals surface area contributed by atoms with Crippen molar-refractivity contribution in [2.45, 2.75) is 16.6 Å². The van der Waals surface area contributed by atoms with Gasteiger partial charge in [0.25, 0.3) is 5.91 Å². The number of rotatable bonds is 7. The van der Waals surface area contributed by atoms with E-state index < -0.39 is 29.3 Å². The smallest absolute Gasteiger partial charge is 0.352 e. The lowest BCUT2D eigenvalue weighted by molar-refractivity contribution is -0.148. The highest BCUT2D eigenvalue weighted by molar-refractivity contribution is 8.01. The molecular formula is C13H16ClN7O4S2. The summed E-state index contributed by atoms with van der Waals surface area (Å²) in [5.74, 6) is -0.604. The van der Waals surface area contributed by atoms with Crippen LogP contribution in [0.3, 0.4) is 0 Å². The summed E-state index contributed by atoms with van der Waals surface area (Å²) >= 11 is 8.20. The van der Waals surface area contributed by atoms with Crippen molar-refractivity contribution in [3.63, 3.8) is 0 Å². The van der Waals surface area contributed by atoms with E-state index in [-0.39, 0.29) is 18.1 Å². The van der Waals surface area contributed by atoms with Gasteiger partial charge >= 0.3 is 12.0 Å². The molecule has 0 saturated carbocycles. The van der Waals surface area contributed by atoms with Gasteiger partial charge in [0.05, 0.1) is 0 Å². The molecule has 3 N–H and O–H groups in total. The van der Waals surface area contributed by atoms with Crippen molar-refractivity contribution in [2.24, 2.45) is 7.05 Å². The van der Waals surface area contributed by atoms with Crippen LogP contribution >= 0.6 is 35.1 Å². The number of fused-ring (bicyclic) bond motifs is 1. The maximum atomic E-state index is 12.5. The number of amides is 3. The number of aromatic nitrogens is 4. The van der Waals surface area contributed by atoms with Gasteiger partial charge in [-0.05, 0) is 16.0 Å². The molecule has 0 bridgehead atoms. The third-order valence-corrected chi connectivity index (χ3v) is 6.50. The fourth-order valence-electron chi connectivity index (χ4n) is 2.64. The van der Waals surface area contributed by atoms with Crippen molar-refractivity contribution in [1.29, 1.82) is 0 Å². The molecule has 1 saturated heterocycles. The summed E-state index contributed by atoms with van der Waals surface area (Å²) in [6.07, 6.45) is 0. The van der Waals surface area contributed by atoms with E-state index in [4.69, 9.17) is 11.6 Å². The molecule has 2 atom stereocenters. The van der Waals surface area contributed by atoms with Crippen molar-refractivity contribution in [2.75, 3.05) is 23.9 Å². The minimum atomic E-state index is -1.18. The van der Waals surface area contributed by atoms with Gasteiger partial charge < -0.3 is 15.7 Å². The SMILES string of the molecule is Cn1nnnc1SCC1=C(C(=O)O)N2C(=O)C(NC(=O)NCCCl)[C@@H]2SC1. The Morgan fingerprint density at radius 2 is 2.26 bits per heavy atom. The first-order valence-electron chi connectivity index (χ1n) is 7.79. The number of thioether (sulfide) groups is 2. The van der Waals surface area contributed by atoms with E-state index in [1.54, 1.807) is 7.05 Å². The second-order valence-corrected chi connectivity index (χ2v) is 8.03. The number of halogens is 1. The number of carbonyl (C=O) groups excluding carboxylic acids is 2. The van der Waals surface area contributed by atoms with Crippen molar-refractivity contribution >= 4 is 53.0 Å². The molecule has 3 rings (SSSR count). The molecule has 0 spiro atoms. The zero-order valence-electron chi connectivity index (χ0n) is 14.1. The molecule has 1 aromatic rings. The van der Waals surface area contributed by atoms with Crippen molar-refractivity contribution < 1.29 is 19.5 Å². The summed E-state index contributed by atoms with van der Waals surface area (Å²) < 4.78 is 1.48. The third kappa shape index (κ3) is 3.99. The number of hydrogen-bond acceptors (Lipinski definition) is 8. The van der Waals surface area contributed by atoms with Crippen LogP contribution in [0.1, 0.15) is 0 Å². The molecule has 1 fully saturated rings. The molecule has 146 valence electrons. The van der Waals surface area contributed by atoms with Gasteiger partial charge in [0, 0.05) is 31.0 Å². The van der Waals surface area contributed by atoms with Gasteiger partial charge in [-0.1, -0.05) is 11.8 Å². The molecule has 0 radical (unpaired) electrons. The Bertz CT molecular complexity index is 801. The summed E-state index contributed by atoms with van der Waals surface area (Å²) in [5.41, 5.74) is 0.570. The summed E-state index contributed by atoms with van der Waals surface area (Å²) in [4.78, 5) is 37.2. The van der Waals surface area contributed by atoms with Gasteiger partial charge in [-0.3, -0.25) is 9.69 Å². The second-order valence-electron chi connectivity index (χ2n) is 5.61. The third-order valence-electron chi connectivity index (χ3n) is 3.87. The van der Waals surface area contributed by atoms with E-state index in [2.05, 4.69) is 26.2 Å². The molecule has 27 heavy (non-hydrogen) atoms. The zero-order valence-corrected chi connectivity index (χ0v) is 16.5. The number of aryl methyl sites for hydroxylation is 1. The number of carbonyl (C=O) groups is 3. The first kappa shape index (κ1) is 19.8. The van der Waals surface area contributed by atoms with Crippen molar-refractivity contribution in [1.82, 2.24) is 35.7 Å². The Hall–Kier alpha value is -1.99. The highest BCUT2D eigenvalue weighted by atomic mass is 35.5. The molecule has 1 aromatic heterocycles. The fourth-order valence-corrected chi connectivity index (χ4v) is 5.07. The number of aliphatic carboxylic acids is 1. The first-order chi connectivity index (χ1) is 12.9. The van der Waals surface area contributed by atoms with Gasteiger partial charge in [-0.15, -0.1) is 28.5 Å². The number of hydrogen-bond donors (Lipinski definition) is 3. The van der Waals surface area contributed by atoms with Gasteiger partial charge in [-0.2, -0.15) is 0 Å². The molecule has 11 nitrogen and oxygen atoms in total. The van der Waals surface area contributed by atoms with E-state index >= 15 is 0 Å². The van der Waals surface area contributed by atoms with Crippen LogP contribution in [0.25, 0.3) is 0 Å². The molecule has 14 heteroatoms. The Balaban J connectivity index is 1.70. The number of alkyl halides is 1. The Morgan fingerprint density at radius 1 is 1.48 bits per heavy atom. The average molecular weight is 434 g/mol. The monoisotopic (exact) mass is 433 g/mol. The number of urea groups is 1. The van der Waals surface area contributed by atoms with Gasteiger partial charge in [0.2, 0.25) is 5.16 Å². The number of tetrazole rings is 1. The van der Waals surface area contributed by atoms with E-state index in [0.717, 1.165) is 0 Å². The quantitative estimate of drug-likeness (QED) is 0.293. The minimum absolute atomic E-state index is 0.0365. The van der Waals surface area contributed by atoms with Crippen LogP contribution in [0.4, 0.5) is 4.79 Å². The lowest BCUT2D eigenvalue weighted by Gasteiger charge is -2.49. The van der Waals surface area contributed by atoms with Crippen LogP contribution in [0.5, 0.6) is 0 Å². The Morgan fingerprint density at radius 3 is 2.89 bits per heavy atom. The standard InChI is InChI=1S/C13H16ClN7O4S2/c1-20-13(17-18-19-20)27-5-6-4-26-10-7(16-12(25)15-3-2-14)9(22)21(10)8(6)11(23)24/h7,10H,2-5H2,1H3,(H,23,24)(H2,15,16,25)/t7?,10-/m0/s1. The number of nitrogens with zero attached hydrogens (tertiary/aromatic N) is 5. The van der Waals surface area contributed by atoms with E-state index in [1.807, 2.05) is 0 Å². The fraction of sp³-hybridized carbons (Fsp3) is 0.538. The van der Waals surface area contributed by atoms with Crippen LogP contribution in [0, 0.1) is 0 Å². The number of nitrogens with one attached hydrogen (secondary N) is 2. The predicted molar refractivity (Wildman–Crippen MR) is 98.3 cm³/mol. The van der Waals surface area contributed by atoms with Crippen LogP contribution in [0.2, 0.25) is 0 Å². The summed E-state index contributed by atoms with van der Waals surface area (Å²) in [5, 5.41) is 25.9. The second kappa shape index (κ2) is 8.35. The van der Waals surface area contributed by atoms with Crippen LogP contribution in [0.15, 0.2) is 16.4 Å². The van der Waals surface area contributed by atoms with Gasteiger partial charge in [-0.25, -0.2) is 14.3 Å². The molecular weight excluding hydrogens is 418 g/mol. The van der Waals surface area contributed by atoms with E-state index in [9.17, 15) is 19.5 Å². The predicted octanol–water partition coefficient (Wildman–Crippen LogP) is -0.537. The molecule has 2 aliphatic heterocycles. The Labute approximate surface area is 167 Å². The average Bonchev–Trinajstić information content (AvgIpc) is 3.06. The van der Waals surface area contributed by atoms with Crippen LogP contribution < -0.4 is 10.6 Å². The summed E-state index contributed by atoms with van der Waals surface area (Å²) in [6.45, 7) is 0.272. The first-order valence-corrected chi connectivity index (χ1v) is 10.4. The van der Waals surface area contributed by atoms with E-state index in [1.165, 1.54) is 33.1 Å². The van der Waals surface area contributed by atoms with Gasteiger partial charge in [0.1, 0.15) is 17.1 Å². The number of β-lactam (4-membered cyclic amide) rings is 1. The molecule has 3 amide bonds. The largest absolute Gasteiger partial charge is 0.477 e. The van der Waals surface area contributed by atoms with Crippen LogP contribution in [-0.4, -0.2) is 83.5 Å². The number of carboxylic acid groups (broad SMARTS) is 1. The molecule has 3 heterocycles.